The van der Waals surface area contributed by atoms with Crippen molar-refractivity contribution in [3.8, 4) is 11.5 Å². The van der Waals surface area contributed by atoms with E-state index < -0.39 is 0 Å². The molecule has 0 bridgehead atoms. The number of methoxy groups -OCH3 is 2. The highest BCUT2D eigenvalue weighted by Gasteiger charge is 2.19. The fourth-order valence-corrected chi connectivity index (χ4v) is 2.48. The van der Waals surface area contributed by atoms with Crippen LogP contribution in [0.2, 0.25) is 0 Å². The van der Waals surface area contributed by atoms with Crippen LogP contribution in [-0.2, 0) is 0 Å². The van der Waals surface area contributed by atoms with Gasteiger partial charge in [0.2, 0.25) is 0 Å². The van der Waals surface area contributed by atoms with Crippen molar-refractivity contribution >= 4 is 0 Å². The molecule has 1 heterocycles. The summed E-state index contributed by atoms with van der Waals surface area (Å²) in [5.74, 6) is 1.81. The van der Waals surface area contributed by atoms with Crippen molar-refractivity contribution in [1.82, 2.24) is 5.32 Å². The Kier molecular flexibility index (Phi) is 3.89. The lowest BCUT2D eigenvalue weighted by Crippen LogP contribution is -2.27. The zero-order chi connectivity index (χ0) is 12.3. The van der Waals surface area contributed by atoms with E-state index in [4.69, 9.17) is 9.47 Å². The van der Waals surface area contributed by atoms with Crippen LogP contribution in [0.15, 0.2) is 12.1 Å². The van der Waals surface area contributed by atoms with E-state index in [1.807, 2.05) is 6.07 Å². The van der Waals surface area contributed by atoms with Crippen LogP contribution in [-0.4, -0.2) is 20.8 Å². The maximum absolute atomic E-state index is 5.48. The van der Waals surface area contributed by atoms with Gasteiger partial charge in [0.15, 0.2) is 0 Å². The third-order valence-corrected chi connectivity index (χ3v) is 3.43. The van der Waals surface area contributed by atoms with Crippen molar-refractivity contribution in [2.24, 2.45) is 0 Å². The van der Waals surface area contributed by atoms with Crippen molar-refractivity contribution in [2.75, 3.05) is 20.8 Å². The van der Waals surface area contributed by atoms with Crippen LogP contribution >= 0.6 is 0 Å². The molecule has 1 fully saturated rings. The average molecular weight is 235 g/mol. The largest absolute Gasteiger partial charge is 0.496 e. The number of hydrogen-bond acceptors (Lipinski definition) is 3. The maximum atomic E-state index is 5.48. The standard InChI is InChI=1S/C14H21NO2/c1-10-8-11(12-6-4-5-7-15-12)14(17-3)9-13(10)16-2/h8-9,12,15H,4-7H2,1-3H3. The first-order valence-corrected chi connectivity index (χ1v) is 6.22. The van der Waals surface area contributed by atoms with Crippen molar-refractivity contribution in [3.63, 3.8) is 0 Å². The monoisotopic (exact) mass is 235 g/mol. The second-order valence-electron chi connectivity index (χ2n) is 4.57. The van der Waals surface area contributed by atoms with Gasteiger partial charge < -0.3 is 14.8 Å². The normalized spacial score (nSPS) is 20.1. The molecular formula is C14H21NO2. The summed E-state index contributed by atoms with van der Waals surface area (Å²) >= 11 is 0. The van der Waals surface area contributed by atoms with Gasteiger partial charge in [0, 0.05) is 17.7 Å². The summed E-state index contributed by atoms with van der Waals surface area (Å²) in [6.07, 6.45) is 3.74. The summed E-state index contributed by atoms with van der Waals surface area (Å²) in [6.45, 7) is 3.17. The molecule has 1 aliphatic heterocycles. The molecule has 2 rings (SSSR count). The molecule has 0 spiro atoms. The Balaban J connectivity index is 2.34. The number of ether oxygens (including phenoxy) is 2. The zero-order valence-electron chi connectivity index (χ0n) is 10.9. The molecule has 1 unspecified atom stereocenters. The summed E-state index contributed by atoms with van der Waals surface area (Å²) in [5, 5.41) is 3.55. The average Bonchev–Trinajstić information content (AvgIpc) is 2.39. The lowest BCUT2D eigenvalue weighted by molar-refractivity contribution is 0.365. The van der Waals surface area contributed by atoms with Crippen LogP contribution in [0.3, 0.4) is 0 Å². The number of rotatable bonds is 3. The first kappa shape index (κ1) is 12.2. The van der Waals surface area contributed by atoms with Crippen molar-refractivity contribution in [1.29, 1.82) is 0 Å². The van der Waals surface area contributed by atoms with Crippen LogP contribution in [0.4, 0.5) is 0 Å². The van der Waals surface area contributed by atoms with Crippen LogP contribution in [0.25, 0.3) is 0 Å². The second-order valence-corrected chi connectivity index (χ2v) is 4.57. The van der Waals surface area contributed by atoms with Crippen molar-refractivity contribution < 1.29 is 9.47 Å². The smallest absolute Gasteiger partial charge is 0.127 e. The molecule has 1 aromatic rings. The van der Waals surface area contributed by atoms with Gasteiger partial charge in [0.25, 0.3) is 0 Å². The van der Waals surface area contributed by atoms with Crippen LogP contribution in [0.5, 0.6) is 11.5 Å². The third-order valence-electron chi connectivity index (χ3n) is 3.43. The van der Waals surface area contributed by atoms with Crippen LogP contribution in [0.1, 0.15) is 36.4 Å². The number of piperidine rings is 1. The van der Waals surface area contributed by atoms with Gasteiger partial charge in [0.05, 0.1) is 14.2 Å². The molecule has 1 saturated heterocycles. The first-order chi connectivity index (χ1) is 8.26. The molecule has 0 amide bonds. The summed E-state index contributed by atoms with van der Waals surface area (Å²) < 4.78 is 10.8. The predicted octanol–water partition coefficient (Wildman–Crippen LogP) is 2.83. The fraction of sp³-hybridized carbons (Fsp3) is 0.571. The molecule has 94 valence electrons. The molecule has 0 radical (unpaired) electrons. The Labute approximate surface area is 103 Å². The third kappa shape index (κ3) is 2.55. The highest BCUT2D eigenvalue weighted by atomic mass is 16.5. The molecule has 1 aliphatic rings. The van der Waals surface area contributed by atoms with Gasteiger partial charge in [-0.2, -0.15) is 0 Å². The van der Waals surface area contributed by atoms with Gasteiger partial charge in [-0.05, 0) is 37.9 Å². The molecule has 1 aromatic carbocycles. The summed E-state index contributed by atoms with van der Waals surface area (Å²) in [7, 11) is 3.41. The molecule has 1 N–H and O–H groups in total. The van der Waals surface area contributed by atoms with E-state index in [1.54, 1.807) is 14.2 Å². The quantitative estimate of drug-likeness (QED) is 0.874. The summed E-state index contributed by atoms with van der Waals surface area (Å²) in [5.41, 5.74) is 2.42. The van der Waals surface area contributed by atoms with Gasteiger partial charge in [0.1, 0.15) is 11.5 Å². The predicted molar refractivity (Wildman–Crippen MR) is 68.9 cm³/mol. The minimum absolute atomic E-state index is 0.420. The number of hydrogen-bond donors (Lipinski definition) is 1. The highest BCUT2D eigenvalue weighted by molar-refractivity contribution is 5.47. The van der Waals surface area contributed by atoms with E-state index >= 15 is 0 Å². The summed E-state index contributed by atoms with van der Waals surface area (Å²) in [6, 6.07) is 4.59. The minimum Gasteiger partial charge on any atom is -0.496 e. The van der Waals surface area contributed by atoms with Crippen LogP contribution < -0.4 is 14.8 Å². The van der Waals surface area contributed by atoms with E-state index in [0.717, 1.165) is 23.6 Å². The van der Waals surface area contributed by atoms with Gasteiger partial charge >= 0.3 is 0 Å². The van der Waals surface area contributed by atoms with Gasteiger partial charge in [-0.15, -0.1) is 0 Å². The summed E-state index contributed by atoms with van der Waals surface area (Å²) in [4.78, 5) is 0. The lowest BCUT2D eigenvalue weighted by atomic mass is 9.95. The van der Waals surface area contributed by atoms with Crippen LogP contribution in [0, 0.1) is 6.92 Å². The molecule has 0 aliphatic carbocycles. The number of nitrogens with one attached hydrogen (secondary N) is 1. The Hall–Kier alpha value is -1.22. The minimum atomic E-state index is 0.420. The maximum Gasteiger partial charge on any atom is 0.127 e. The van der Waals surface area contributed by atoms with Gasteiger partial charge in [-0.1, -0.05) is 6.42 Å². The van der Waals surface area contributed by atoms with E-state index in [1.165, 1.54) is 24.8 Å². The van der Waals surface area contributed by atoms with E-state index in [2.05, 4.69) is 18.3 Å². The molecule has 17 heavy (non-hydrogen) atoms. The zero-order valence-corrected chi connectivity index (χ0v) is 10.9. The Morgan fingerprint density at radius 2 is 1.88 bits per heavy atom. The Morgan fingerprint density at radius 1 is 1.12 bits per heavy atom. The Morgan fingerprint density at radius 3 is 2.47 bits per heavy atom. The van der Waals surface area contributed by atoms with E-state index in [9.17, 15) is 0 Å². The number of benzene rings is 1. The molecule has 1 atom stereocenters. The number of aryl methyl sites for hydroxylation is 1. The van der Waals surface area contributed by atoms with Crippen molar-refractivity contribution in [3.05, 3.63) is 23.3 Å². The lowest BCUT2D eigenvalue weighted by Gasteiger charge is -2.26. The van der Waals surface area contributed by atoms with Gasteiger partial charge in [-0.25, -0.2) is 0 Å². The SMILES string of the molecule is COc1cc(OC)c(C2CCCCN2)cc1C. The molecule has 0 saturated carbocycles. The van der Waals surface area contributed by atoms with Gasteiger partial charge in [-0.3, -0.25) is 0 Å². The molecule has 0 aromatic heterocycles. The Bertz CT molecular complexity index is 384. The fourth-order valence-electron chi connectivity index (χ4n) is 2.48. The molecular weight excluding hydrogens is 214 g/mol. The first-order valence-electron chi connectivity index (χ1n) is 6.22. The van der Waals surface area contributed by atoms with E-state index in [0.29, 0.717) is 6.04 Å². The molecule has 3 nitrogen and oxygen atoms in total. The second kappa shape index (κ2) is 5.41. The molecule has 3 heteroatoms. The highest BCUT2D eigenvalue weighted by Crippen LogP contribution is 2.35. The topological polar surface area (TPSA) is 30.5 Å². The van der Waals surface area contributed by atoms with E-state index in [-0.39, 0.29) is 0 Å². The van der Waals surface area contributed by atoms with Crippen molar-refractivity contribution in [2.45, 2.75) is 32.2 Å².